The number of benzene rings is 2. The summed E-state index contributed by atoms with van der Waals surface area (Å²) in [7, 11) is 3.03. The molecule has 0 aliphatic rings. The molecule has 6 nitrogen and oxygen atoms in total. The zero-order valence-corrected chi connectivity index (χ0v) is 19.1. The molecule has 32 heavy (non-hydrogen) atoms. The van der Waals surface area contributed by atoms with Crippen LogP contribution in [0, 0.1) is 6.92 Å². The van der Waals surface area contributed by atoms with E-state index >= 15 is 0 Å². The molecule has 0 bridgehead atoms. The van der Waals surface area contributed by atoms with E-state index in [1.807, 2.05) is 32.0 Å². The number of hydrogen-bond acceptors (Lipinski definition) is 5. The van der Waals surface area contributed by atoms with Gasteiger partial charge in [0.05, 0.1) is 22.0 Å². The average Bonchev–Trinajstić information content (AvgIpc) is 2.74. The Kier molecular flexibility index (Phi) is 10.7. The van der Waals surface area contributed by atoms with E-state index in [2.05, 4.69) is 15.6 Å². The molecular formula is C22H25ClF3N3O3. The molecule has 2 aromatic rings. The van der Waals surface area contributed by atoms with Gasteiger partial charge in [0.25, 0.3) is 0 Å². The molecule has 0 saturated heterocycles. The molecule has 0 heterocycles. The van der Waals surface area contributed by atoms with Gasteiger partial charge in [0, 0.05) is 18.2 Å². The highest BCUT2D eigenvalue weighted by Gasteiger charge is 2.33. The summed E-state index contributed by atoms with van der Waals surface area (Å²) in [6.07, 6.45) is -3.91. The first-order valence-corrected chi connectivity index (χ1v) is 9.75. The van der Waals surface area contributed by atoms with Crippen molar-refractivity contribution in [1.82, 2.24) is 5.32 Å². The zero-order chi connectivity index (χ0) is 24.3. The molecule has 2 rings (SSSR count). The molecule has 0 aromatic heterocycles. The molecule has 0 radical (unpaired) electrons. The van der Waals surface area contributed by atoms with Crippen LogP contribution in [0.5, 0.6) is 0 Å². The number of carbonyl (C=O) groups excluding carboxylic acids is 1. The van der Waals surface area contributed by atoms with Gasteiger partial charge in [0.2, 0.25) is 6.41 Å². The summed E-state index contributed by atoms with van der Waals surface area (Å²) in [5.74, 6) is 0. The van der Waals surface area contributed by atoms with Crippen LogP contribution in [0.1, 0.15) is 41.7 Å². The van der Waals surface area contributed by atoms with Crippen molar-refractivity contribution in [2.45, 2.75) is 33.6 Å². The maximum absolute atomic E-state index is 13.0. The monoisotopic (exact) mass is 471 g/mol. The van der Waals surface area contributed by atoms with Gasteiger partial charge in [-0.1, -0.05) is 46.2 Å². The molecule has 0 fully saturated rings. The first-order valence-electron chi connectivity index (χ1n) is 9.38. The Morgan fingerprint density at radius 2 is 1.81 bits per heavy atom. The van der Waals surface area contributed by atoms with Crippen LogP contribution in [-0.4, -0.2) is 32.0 Å². The van der Waals surface area contributed by atoms with Crippen LogP contribution >= 0.6 is 11.6 Å². The molecule has 0 aliphatic carbocycles. The van der Waals surface area contributed by atoms with E-state index in [0.29, 0.717) is 17.8 Å². The first kappa shape index (κ1) is 27.0. The highest BCUT2D eigenvalue weighted by molar-refractivity contribution is 6.31. The minimum Gasteiger partial charge on any atom is -0.399 e. The quantitative estimate of drug-likeness (QED) is 0.336. The van der Waals surface area contributed by atoms with Gasteiger partial charge in [-0.25, -0.2) is 0 Å². The van der Waals surface area contributed by atoms with Crippen molar-refractivity contribution < 1.29 is 27.6 Å². The average molecular weight is 472 g/mol. The number of hydrogen-bond donors (Lipinski definition) is 1. The SMILES string of the molecule is CNC=O.CO/N=C(/C)c1cccc(C)c1CO/N=C(\C)c1ccc(Cl)c(C(F)(F)F)c1. The second-order valence-electron chi connectivity index (χ2n) is 6.51. The van der Waals surface area contributed by atoms with Gasteiger partial charge in [-0.05, 0) is 44.0 Å². The molecular weight excluding hydrogens is 447 g/mol. The van der Waals surface area contributed by atoms with E-state index in [4.69, 9.17) is 26.1 Å². The normalized spacial score (nSPS) is 11.9. The molecule has 0 aliphatic heterocycles. The van der Waals surface area contributed by atoms with Crippen molar-refractivity contribution in [1.29, 1.82) is 0 Å². The Morgan fingerprint density at radius 1 is 1.16 bits per heavy atom. The van der Waals surface area contributed by atoms with E-state index in [1.165, 1.54) is 19.2 Å². The van der Waals surface area contributed by atoms with E-state index in [9.17, 15) is 13.2 Å². The third kappa shape index (κ3) is 7.88. The number of alkyl halides is 3. The van der Waals surface area contributed by atoms with Gasteiger partial charge in [-0.3, -0.25) is 4.79 Å². The first-order chi connectivity index (χ1) is 15.1. The van der Waals surface area contributed by atoms with Crippen molar-refractivity contribution >= 4 is 29.4 Å². The molecule has 174 valence electrons. The fourth-order valence-corrected chi connectivity index (χ4v) is 2.86. The minimum atomic E-state index is -4.54. The van der Waals surface area contributed by atoms with Crippen molar-refractivity contribution in [3.05, 3.63) is 69.2 Å². The van der Waals surface area contributed by atoms with E-state index in [1.54, 1.807) is 14.0 Å². The maximum atomic E-state index is 13.0. The number of rotatable bonds is 7. The molecule has 1 amide bonds. The van der Waals surface area contributed by atoms with Gasteiger partial charge in [-0.15, -0.1) is 0 Å². The number of amides is 1. The predicted molar refractivity (Wildman–Crippen MR) is 119 cm³/mol. The molecule has 1 N–H and O–H groups in total. The van der Waals surface area contributed by atoms with Crippen LogP contribution in [0.3, 0.4) is 0 Å². The summed E-state index contributed by atoms with van der Waals surface area (Å²) in [5, 5.41) is 9.79. The van der Waals surface area contributed by atoms with Gasteiger partial charge < -0.3 is 15.0 Å². The van der Waals surface area contributed by atoms with Crippen LogP contribution < -0.4 is 5.32 Å². The Bertz CT molecular complexity index is 977. The lowest BCUT2D eigenvalue weighted by atomic mass is 10.00. The number of nitrogens with one attached hydrogen (secondary N) is 1. The van der Waals surface area contributed by atoms with Crippen LogP contribution in [0.25, 0.3) is 0 Å². The summed E-state index contributed by atoms with van der Waals surface area (Å²) >= 11 is 5.65. The van der Waals surface area contributed by atoms with Crippen molar-refractivity contribution in [3.8, 4) is 0 Å². The largest absolute Gasteiger partial charge is 0.417 e. The van der Waals surface area contributed by atoms with Gasteiger partial charge >= 0.3 is 6.18 Å². The Morgan fingerprint density at radius 3 is 2.38 bits per heavy atom. The zero-order valence-electron chi connectivity index (χ0n) is 18.4. The minimum absolute atomic E-state index is 0.135. The molecule has 0 spiro atoms. The summed E-state index contributed by atoms with van der Waals surface area (Å²) in [6, 6.07) is 9.32. The molecule has 0 unspecified atom stereocenters. The third-order valence-electron chi connectivity index (χ3n) is 4.25. The number of halogens is 4. The summed E-state index contributed by atoms with van der Waals surface area (Å²) in [4.78, 5) is 19.3. The predicted octanol–water partition coefficient (Wildman–Crippen LogP) is 5.34. The number of nitrogens with zero attached hydrogens (tertiary/aromatic N) is 2. The highest BCUT2D eigenvalue weighted by atomic mass is 35.5. The number of oxime groups is 2. The molecule has 10 heteroatoms. The van der Waals surface area contributed by atoms with Crippen LogP contribution in [0.4, 0.5) is 13.2 Å². The Balaban J connectivity index is 0.00000118. The summed E-state index contributed by atoms with van der Waals surface area (Å²) in [6.45, 7) is 5.44. The van der Waals surface area contributed by atoms with Crippen molar-refractivity contribution in [2.24, 2.45) is 10.3 Å². The smallest absolute Gasteiger partial charge is 0.399 e. The Labute approximate surface area is 190 Å². The maximum Gasteiger partial charge on any atom is 0.417 e. The second-order valence-corrected chi connectivity index (χ2v) is 6.92. The molecule has 0 saturated carbocycles. The fourth-order valence-electron chi connectivity index (χ4n) is 2.63. The summed E-state index contributed by atoms with van der Waals surface area (Å²) < 4.78 is 39.0. The summed E-state index contributed by atoms with van der Waals surface area (Å²) in [5.41, 5.74) is 3.04. The lowest BCUT2D eigenvalue weighted by Gasteiger charge is -2.12. The van der Waals surface area contributed by atoms with Gasteiger partial charge in [-0.2, -0.15) is 13.2 Å². The molecule has 0 atom stereocenters. The van der Waals surface area contributed by atoms with E-state index < -0.39 is 11.7 Å². The van der Waals surface area contributed by atoms with Gasteiger partial charge in [0.1, 0.15) is 13.7 Å². The van der Waals surface area contributed by atoms with Crippen LogP contribution in [-0.2, 0) is 27.3 Å². The van der Waals surface area contributed by atoms with Crippen LogP contribution in [0.2, 0.25) is 5.02 Å². The molecule has 2 aromatic carbocycles. The number of carbonyl (C=O) groups is 1. The standard InChI is InChI=1S/C20H20ClF3N2O2.C2H5NO/c1-12-6-5-7-16(14(3)25-27-4)17(12)11-28-26-13(2)15-8-9-19(21)18(10-15)20(22,23)24;1-3-2-4/h5-10H,11H2,1-4H3;2H,1H3,(H,3,4)/b25-14-,26-13+;. The highest BCUT2D eigenvalue weighted by Crippen LogP contribution is 2.35. The van der Waals surface area contributed by atoms with E-state index in [0.717, 1.165) is 22.8 Å². The Hall–Kier alpha value is -3.07. The third-order valence-corrected chi connectivity index (χ3v) is 4.58. The number of aryl methyl sites for hydroxylation is 1. The lowest BCUT2D eigenvalue weighted by Crippen LogP contribution is -2.08. The van der Waals surface area contributed by atoms with Gasteiger partial charge in [0.15, 0.2) is 0 Å². The lowest BCUT2D eigenvalue weighted by molar-refractivity contribution is -0.137. The fraction of sp³-hybridized carbons (Fsp3) is 0.318. The topological polar surface area (TPSA) is 72.3 Å². The van der Waals surface area contributed by atoms with Crippen molar-refractivity contribution in [2.75, 3.05) is 14.2 Å². The van der Waals surface area contributed by atoms with Crippen molar-refractivity contribution in [3.63, 3.8) is 0 Å². The second kappa shape index (κ2) is 12.7. The van der Waals surface area contributed by atoms with Crippen LogP contribution in [0.15, 0.2) is 46.7 Å². The van der Waals surface area contributed by atoms with E-state index in [-0.39, 0.29) is 17.2 Å².